The second-order valence-electron chi connectivity index (χ2n) is 7.51. The zero-order chi connectivity index (χ0) is 16.8. The Kier molecular flexibility index (Phi) is 23.1. The number of rotatable bonds is 20. The van der Waals surface area contributed by atoms with Gasteiger partial charge in [0.25, 0.3) is 0 Å². The number of unbranched alkanes of at least 4 members (excludes halogenated alkanes) is 19. The van der Waals surface area contributed by atoms with Gasteiger partial charge in [0.1, 0.15) is 0 Å². The van der Waals surface area contributed by atoms with Crippen molar-refractivity contribution >= 4 is 16.3 Å². The fourth-order valence-electron chi connectivity index (χ4n) is 3.40. The summed E-state index contributed by atoms with van der Waals surface area (Å²) in [6.45, 7) is 2.30. The van der Waals surface area contributed by atoms with Gasteiger partial charge in [0, 0.05) is 0 Å². The van der Waals surface area contributed by atoms with Crippen molar-refractivity contribution in [3.63, 3.8) is 0 Å². The summed E-state index contributed by atoms with van der Waals surface area (Å²) in [5.41, 5.74) is 0. The van der Waals surface area contributed by atoms with E-state index in [1.807, 2.05) is 0 Å². The third kappa shape index (κ3) is 22.5. The first-order valence-corrected chi connectivity index (χ1v) is 11.9. The second kappa shape index (κ2) is 22.5. The maximum atomic E-state index is 2.83. The summed E-state index contributed by atoms with van der Waals surface area (Å²) in [6.07, 6.45) is 29.4. The number of hydrogen-bond acceptors (Lipinski definition) is 0. The molecule has 0 radical (unpaired) electrons. The quantitative estimate of drug-likeness (QED) is 0.155. The van der Waals surface area contributed by atoms with E-state index < -0.39 is 0 Å². The van der Waals surface area contributed by atoms with Gasteiger partial charge in [-0.2, -0.15) is 0 Å². The van der Waals surface area contributed by atoms with Crippen LogP contribution in [-0.4, -0.2) is 16.3 Å². The van der Waals surface area contributed by atoms with Gasteiger partial charge in [0.15, 0.2) is 0 Å². The maximum absolute atomic E-state index is 2.83. The summed E-state index contributed by atoms with van der Waals surface area (Å²) in [4.78, 5) is 0. The predicted octanol–water partition coefficient (Wildman–Crippen LogP) is 8.40. The monoisotopic (exact) mass is 336 g/mol. The van der Waals surface area contributed by atoms with Gasteiger partial charge in [-0.1, -0.05) is 64.7 Å². The van der Waals surface area contributed by atoms with Crippen LogP contribution in [0.25, 0.3) is 0 Å². The molecule has 0 amide bonds. The summed E-state index contributed by atoms with van der Waals surface area (Å²) in [6, 6.07) is 0. The van der Waals surface area contributed by atoms with Crippen LogP contribution in [-0.2, 0) is 0 Å². The van der Waals surface area contributed by atoms with Crippen molar-refractivity contribution in [2.24, 2.45) is 0 Å². The van der Waals surface area contributed by atoms with E-state index in [1.165, 1.54) is 134 Å². The third-order valence-corrected chi connectivity index (χ3v) is 5.47. The normalized spacial score (nSPS) is 11.3. The van der Waals surface area contributed by atoms with E-state index in [1.54, 1.807) is 0 Å². The molecule has 1 heteroatoms. The minimum absolute atomic E-state index is 1.29. The van der Waals surface area contributed by atoms with Crippen LogP contribution in [0.3, 0.4) is 0 Å². The summed E-state index contributed by atoms with van der Waals surface area (Å²) < 4.78 is 0. The molecule has 0 fully saturated rings. The van der Waals surface area contributed by atoms with Crippen LogP contribution in [0.4, 0.5) is 0 Å². The first kappa shape index (κ1) is 23.5. The van der Waals surface area contributed by atoms with E-state index in [2.05, 4.69) is 23.2 Å². The van der Waals surface area contributed by atoms with Crippen LogP contribution >= 0.6 is 0 Å². The van der Waals surface area contributed by atoms with E-state index in [4.69, 9.17) is 0 Å². The molecular formula is C22H45Al+2. The van der Waals surface area contributed by atoms with Crippen molar-refractivity contribution in [1.82, 2.24) is 0 Å². The third-order valence-electron chi connectivity index (χ3n) is 5.06. The van der Waals surface area contributed by atoms with Crippen molar-refractivity contribution in [2.75, 3.05) is 0 Å². The Balaban J connectivity index is 2.92. The van der Waals surface area contributed by atoms with Crippen LogP contribution in [0.5, 0.6) is 0 Å². The van der Waals surface area contributed by atoms with Crippen molar-refractivity contribution < 1.29 is 0 Å². The summed E-state index contributed by atoms with van der Waals surface area (Å²) >= 11 is 2.83. The molecule has 23 heavy (non-hydrogen) atoms. The van der Waals surface area contributed by atoms with Gasteiger partial charge in [0.05, 0.1) is 0 Å². The van der Waals surface area contributed by atoms with Crippen molar-refractivity contribution in [3.05, 3.63) is 0 Å². The molecule has 0 aromatic rings. The van der Waals surface area contributed by atoms with Crippen molar-refractivity contribution in [1.29, 1.82) is 0 Å². The molecule has 0 nitrogen and oxygen atoms in total. The molecule has 0 aromatic heterocycles. The first-order chi connectivity index (χ1) is 11.4. The fraction of sp³-hybridized carbons (Fsp3) is 1.00. The van der Waals surface area contributed by atoms with Gasteiger partial charge in [-0.05, 0) is 0 Å². The Bertz CT molecular complexity index is 170. The van der Waals surface area contributed by atoms with E-state index in [0.717, 1.165) is 0 Å². The van der Waals surface area contributed by atoms with Crippen LogP contribution in [0.2, 0.25) is 5.28 Å². The van der Waals surface area contributed by atoms with Crippen LogP contribution in [0, 0.1) is 0 Å². The Morgan fingerprint density at radius 3 is 0.783 bits per heavy atom. The molecular weight excluding hydrogens is 291 g/mol. The Hall–Kier alpha value is 0.532. The number of hydrogen-bond donors (Lipinski definition) is 0. The molecule has 0 rings (SSSR count). The topological polar surface area (TPSA) is 0 Å². The predicted molar refractivity (Wildman–Crippen MR) is 109 cm³/mol. The van der Waals surface area contributed by atoms with Gasteiger partial charge >= 0.3 is 92.2 Å². The van der Waals surface area contributed by atoms with Gasteiger partial charge in [-0.25, -0.2) is 0 Å². The summed E-state index contributed by atoms with van der Waals surface area (Å²) in [5, 5.41) is 1.29. The SMILES string of the molecule is CCCCCCCCCCCCCCCCCCCCC[CH2][Al+2]. The molecule has 0 saturated carbocycles. The van der Waals surface area contributed by atoms with Gasteiger partial charge in [0.2, 0.25) is 0 Å². The molecule has 0 N–H and O–H groups in total. The fourth-order valence-corrected chi connectivity index (χ4v) is 3.69. The zero-order valence-electron chi connectivity index (χ0n) is 16.4. The molecule has 0 spiro atoms. The molecule has 0 heterocycles. The van der Waals surface area contributed by atoms with Crippen molar-refractivity contribution in [2.45, 2.75) is 141 Å². The Labute approximate surface area is 157 Å². The van der Waals surface area contributed by atoms with Crippen LogP contribution < -0.4 is 0 Å². The summed E-state index contributed by atoms with van der Waals surface area (Å²) in [7, 11) is 0. The Morgan fingerprint density at radius 1 is 0.348 bits per heavy atom. The van der Waals surface area contributed by atoms with Gasteiger partial charge in [-0.3, -0.25) is 0 Å². The van der Waals surface area contributed by atoms with Gasteiger partial charge < -0.3 is 0 Å². The second-order valence-corrected chi connectivity index (χ2v) is 8.08. The molecule has 0 aromatic carbocycles. The van der Waals surface area contributed by atoms with Crippen molar-refractivity contribution in [3.8, 4) is 0 Å². The molecule has 0 aliphatic carbocycles. The summed E-state index contributed by atoms with van der Waals surface area (Å²) in [5.74, 6) is 0. The molecule has 0 saturated heterocycles. The molecule has 0 aliphatic rings. The minimum atomic E-state index is 1.29. The first-order valence-electron chi connectivity index (χ1n) is 11.1. The van der Waals surface area contributed by atoms with E-state index >= 15 is 0 Å². The van der Waals surface area contributed by atoms with Crippen LogP contribution in [0.15, 0.2) is 0 Å². The average Bonchev–Trinajstić information content (AvgIpc) is 2.57. The molecule has 0 atom stereocenters. The zero-order valence-corrected chi connectivity index (χ0v) is 17.6. The Morgan fingerprint density at radius 2 is 0.565 bits per heavy atom. The standard InChI is InChI=1S/C22H45.Al/c1-3-5-7-9-11-13-15-17-19-21-22-20-18-16-14-12-10-8-6-4-2;/h1,3-22H2,2H3;/q;+2. The van der Waals surface area contributed by atoms with E-state index in [0.29, 0.717) is 0 Å². The molecule has 134 valence electrons. The molecule has 0 bridgehead atoms. The van der Waals surface area contributed by atoms with E-state index in [-0.39, 0.29) is 0 Å². The molecule has 0 aliphatic heterocycles. The van der Waals surface area contributed by atoms with Gasteiger partial charge in [-0.15, -0.1) is 0 Å². The average molecular weight is 337 g/mol. The molecule has 0 unspecified atom stereocenters. The van der Waals surface area contributed by atoms with E-state index in [9.17, 15) is 0 Å². The van der Waals surface area contributed by atoms with Crippen LogP contribution in [0.1, 0.15) is 135 Å².